The van der Waals surface area contributed by atoms with E-state index < -0.39 is 0 Å². The largest absolute Gasteiger partial charge is 0.490 e. The number of amides is 3. The van der Waals surface area contributed by atoms with Crippen molar-refractivity contribution in [2.45, 2.75) is 46.3 Å². The van der Waals surface area contributed by atoms with Crippen molar-refractivity contribution < 1.29 is 14.3 Å². The molecule has 2 rings (SSSR count). The summed E-state index contributed by atoms with van der Waals surface area (Å²) in [5.41, 5.74) is 2.08. The van der Waals surface area contributed by atoms with E-state index in [2.05, 4.69) is 17.6 Å². The van der Waals surface area contributed by atoms with Crippen molar-refractivity contribution >= 4 is 11.9 Å². The minimum absolute atomic E-state index is 0.00641. The molecule has 3 amide bonds. The maximum atomic E-state index is 12.3. The molecule has 24 heavy (non-hydrogen) atoms. The number of nitrogens with zero attached hydrogens (tertiary/aromatic N) is 1. The van der Waals surface area contributed by atoms with Crippen LogP contribution in [0.15, 0.2) is 18.2 Å². The third kappa shape index (κ3) is 5.15. The summed E-state index contributed by atoms with van der Waals surface area (Å²) >= 11 is 0. The number of carbonyl (C=O) groups is 2. The molecule has 1 aliphatic rings. The van der Waals surface area contributed by atoms with Crippen LogP contribution in [-0.4, -0.2) is 42.6 Å². The van der Waals surface area contributed by atoms with E-state index in [1.165, 1.54) is 0 Å². The first kappa shape index (κ1) is 18.1. The average molecular weight is 333 g/mol. The number of benzene rings is 1. The molecule has 1 aromatic rings. The van der Waals surface area contributed by atoms with Gasteiger partial charge < -0.3 is 20.3 Å². The lowest BCUT2D eigenvalue weighted by Crippen LogP contribution is -2.41. The summed E-state index contributed by atoms with van der Waals surface area (Å²) < 4.78 is 5.97. The summed E-state index contributed by atoms with van der Waals surface area (Å²) in [7, 11) is 0. The van der Waals surface area contributed by atoms with Gasteiger partial charge in [-0.25, -0.2) is 4.79 Å². The normalized spacial score (nSPS) is 16.1. The quantitative estimate of drug-likeness (QED) is 0.868. The van der Waals surface area contributed by atoms with Crippen LogP contribution in [0, 0.1) is 6.92 Å². The molecule has 1 aliphatic heterocycles. The highest BCUT2D eigenvalue weighted by Gasteiger charge is 2.18. The minimum Gasteiger partial charge on any atom is -0.490 e. The standard InChI is InChI=1S/C18H27N3O3/c1-4-14(3)24-16-11-13(2)5-6-15(16)12-20-18(23)21-9-7-17(22)19-8-10-21/h5-6,11,14H,4,7-10,12H2,1-3H3,(H,19,22)(H,20,23)/t14-/m0/s1. The van der Waals surface area contributed by atoms with E-state index in [0.717, 1.165) is 23.3 Å². The number of carbonyl (C=O) groups excluding carboxylic acids is 2. The lowest BCUT2D eigenvalue weighted by molar-refractivity contribution is -0.120. The van der Waals surface area contributed by atoms with Crippen molar-refractivity contribution in [2.24, 2.45) is 0 Å². The zero-order chi connectivity index (χ0) is 17.5. The van der Waals surface area contributed by atoms with Crippen LogP contribution in [0.3, 0.4) is 0 Å². The number of hydrogen-bond acceptors (Lipinski definition) is 3. The Balaban J connectivity index is 1.97. The Morgan fingerprint density at radius 1 is 1.42 bits per heavy atom. The number of aryl methyl sites for hydroxylation is 1. The second-order valence-electron chi connectivity index (χ2n) is 6.19. The predicted molar refractivity (Wildman–Crippen MR) is 93.0 cm³/mol. The molecule has 0 aliphatic carbocycles. The number of ether oxygens (including phenoxy) is 1. The van der Waals surface area contributed by atoms with Crippen LogP contribution in [0.25, 0.3) is 0 Å². The zero-order valence-corrected chi connectivity index (χ0v) is 14.7. The number of hydrogen-bond donors (Lipinski definition) is 2. The Bertz CT molecular complexity index is 589. The minimum atomic E-state index is -0.151. The lowest BCUT2D eigenvalue weighted by atomic mass is 10.1. The fourth-order valence-electron chi connectivity index (χ4n) is 2.47. The summed E-state index contributed by atoms with van der Waals surface area (Å²) in [4.78, 5) is 25.3. The van der Waals surface area contributed by atoms with E-state index in [4.69, 9.17) is 4.74 Å². The van der Waals surface area contributed by atoms with Crippen LogP contribution in [0.4, 0.5) is 4.79 Å². The van der Waals surface area contributed by atoms with Gasteiger partial charge >= 0.3 is 6.03 Å². The van der Waals surface area contributed by atoms with Gasteiger partial charge in [-0.05, 0) is 31.9 Å². The molecule has 0 unspecified atom stereocenters. The molecular formula is C18H27N3O3. The van der Waals surface area contributed by atoms with Crippen LogP contribution < -0.4 is 15.4 Å². The van der Waals surface area contributed by atoms with Gasteiger partial charge in [0.25, 0.3) is 0 Å². The van der Waals surface area contributed by atoms with Crippen LogP contribution in [0.1, 0.15) is 37.8 Å². The highest BCUT2D eigenvalue weighted by molar-refractivity contribution is 5.79. The van der Waals surface area contributed by atoms with Crippen molar-refractivity contribution in [2.75, 3.05) is 19.6 Å². The van der Waals surface area contributed by atoms with E-state index in [1.807, 2.05) is 32.0 Å². The molecule has 1 fully saturated rings. The van der Waals surface area contributed by atoms with Gasteiger partial charge in [-0.2, -0.15) is 0 Å². The van der Waals surface area contributed by atoms with E-state index in [9.17, 15) is 9.59 Å². The molecule has 6 nitrogen and oxygen atoms in total. The summed E-state index contributed by atoms with van der Waals surface area (Å²) in [5, 5.41) is 5.70. The Labute approximate surface area is 143 Å². The van der Waals surface area contributed by atoms with Gasteiger partial charge in [0.15, 0.2) is 0 Å². The topological polar surface area (TPSA) is 70.7 Å². The molecule has 132 valence electrons. The molecule has 0 radical (unpaired) electrons. The van der Waals surface area contributed by atoms with Crippen LogP contribution in [0.5, 0.6) is 5.75 Å². The Kier molecular flexibility index (Phi) is 6.46. The van der Waals surface area contributed by atoms with E-state index in [0.29, 0.717) is 32.6 Å². The number of nitrogens with one attached hydrogen (secondary N) is 2. The second-order valence-corrected chi connectivity index (χ2v) is 6.19. The smallest absolute Gasteiger partial charge is 0.317 e. The fraction of sp³-hybridized carbons (Fsp3) is 0.556. The van der Waals surface area contributed by atoms with E-state index in [-0.39, 0.29) is 18.0 Å². The van der Waals surface area contributed by atoms with Crippen molar-refractivity contribution in [3.05, 3.63) is 29.3 Å². The molecular weight excluding hydrogens is 306 g/mol. The van der Waals surface area contributed by atoms with Crippen LogP contribution in [-0.2, 0) is 11.3 Å². The van der Waals surface area contributed by atoms with Gasteiger partial charge in [-0.3, -0.25) is 4.79 Å². The van der Waals surface area contributed by atoms with Gasteiger partial charge in [0.05, 0.1) is 6.10 Å². The monoisotopic (exact) mass is 333 g/mol. The predicted octanol–water partition coefficient (Wildman–Crippen LogP) is 2.20. The highest BCUT2D eigenvalue weighted by Crippen LogP contribution is 2.22. The Morgan fingerprint density at radius 2 is 2.21 bits per heavy atom. The molecule has 1 saturated heterocycles. The molecule has 0 aromatic heterocycles. The maximum Gasteiger partial charge on any atom is 0.317 e. The molecule has 0 saturated carbocycles. The molecule has 1 heterocycles. The first-order valence-corrected chi connectivity index (χ1v) is 8.55. The van der Waals surface area contributed by atoms with Gasteiger partial charge in [-0.15, -0.1) is 0 Å². The van der Waals surface area contributed by atoms with Gasteiger partial charge in [0, 0.05) is 38.2 Å². The van der Waals surface area contributed by atoms with Crippen molar-refractivity contribution in [1.82, 2.24) is 15.5 Å². The zero-order valence-electron chi connectivity index (χ0n) is 14.7. The summed E-state index contributed by atoms with van der Waals surface area (Å²) in [5.74, 6) is 0.811. The van der Waals surface area contributed by atoms with Gasteiger partial charge in [0.2, 0.25) is 5.91 Å². The second kappa shape index (κ2) is 8.57. The Hall–Kier alpha value is -2.24. The van der Waals surface area contributed by atoms with E-state index in [1.54, 1.807) is 4.90 Å². The first-order chi connectivity index (χ1) is 11.5. The summed E-state index contributed by atoms with van der Waals surface area (Å²) in [6, 6.07) is 5.85. The lowest BCUT2D eigenvalue weighted by Gasteiger charge is -2.21. The van der Waals surface area contributed by atoms with Gasteiger partial charge in [0.1, 0.15) is 5.75 Å². The molecule has 0 bridgehead atoms. The fourth-order valence-corrected chi connectivity index (χ4v) is 2.47. The van der Waals surface area contributed by atoms with Crippen LogP contribution >= 0.6 is 0 Å². The molecule has 0 spiro atoms. The Morgan fingerprint density at radius 3 is 2.96 bits per heavy atom. The summed E-state index contributed by atoms with van der Waals surface area (Å²) in [6.07, 6.45) is 1.40. The van der Waals surface area contributed by atoms with Crippen molar-refractivity contribution in [3.63, 3.8) is 0 Å². The third-order valence-corrected chi connectivity index (χ3v) is 4.16. The van der Waals surface area contributed by atoms with Gasteiger partial charge in [-0.1, -0.05) is 19.1 Å². The highest BCUT2D eigenvalue weighted by atomic mass is 16.5. The third-order valence-electron chi connectivity index (χ3n) is 4.16. The van der Waals surface area contributed by atoms with Crippen LogP contribution in [0.2, 0.25) is 0 Å². The number of urea groups is 1. The molecule has 6 heteroatoms. The summed E-state index contributed by atoms with van der Waals surface area (Å²) in [6.45, 7) is 8.01. The number of rotatable bonds is 5. The molecule has 1 aromatic carbocycles. The average Bonchev–Trinajstić information content (AvgIpc) is 2.78. The van der Waals surface area contributed by atoms with Crippen molar-refractivity contribution in [1.29, 1.82) is 0 Å². The molecule has 2 N–H and O–H groups in total. The first-order valence-electron chi connectivity index (χ1n) is 8.55. The maximum absolute atomic E-state index is 12.3. The SMILES string of the molecule is CC[C@H](C)Oc1cc(C)ccc1CNC(=O)N1CCNC(=O)CC1. The molecule has 1 atom stereocenters. The van der Waals surface area contributed by atoms with E-state index >= 15 is 0 Å². The van der Waals surface area contributed by atoms with Crippen molar-refractivity contribution in [3.8, 4) is 5.75 Å².